The van der Waals surface area contributed by atoms with E-state index in [1.54, 1.807) is 6.33 Å². The SMILES string of the molecule is BC1C=c2c(Nc3ccc(OCCC)cc3)ncnc2=CC1. The van der Waals surface area contributed by atoms with Crippen molar-refractivity contribution in [1.29, 1.82) is 0 Å². The third-order valence-corrected chi connectivity index (χ3v) is 3.64. The highest BCUT2D eigenvalue weighted by Crippen LogP contribution is 2.18. The van der Waals surface area contributed by atoms with E-state index in [2.05, 4.69) is 42.2 Å². The Morgan fingerprint density at radius 1 is 1.27 bits per heavy atom. The predicted molar refractivity (Wildman–Crippen MR) is 92.6 cm³/mol. The van der Waals surface area contributed by atoms with Gasteiger partial charge in [0.15, 0.2) is 0 Å². The fraction of sp³-hybridized carbons (Fsp3) is 0.294. The highest BCUT2D eigenvalue weighted by atomic mass is 16.5. The third-order valence-electron chi connectivity index (χ3n) is 3.64. The molecule has 0 saturated heterocycles. The van der Waals surface area contributed by atoms with Crippen molar-refractivity contribution in [2.24, 2.45) is 0 Å². The van der Waals surface area contributed by atoms with Crippen molar-refractivity contribution in [2.45, 2.75) is 25.6 Å². The Bertz CT molecular complexity index is 758. The fourth-order valence-electron chi connectivity index (χ4n) is 2.48. The number of hydrogen-bond acceptors (Lipinski definition) is 4. The van der Waals surface area contributed by atoms with E-state index in [0.717, 1.165) is 47.3 Å². The summed E-state index contributed by atoms with van der Waals surface area (Å²) in [6.07, 6.45) is 8.07. The van der Waals surface area contributed by atoms with E-state index in [0.29, 0.717) is 5.82 Å². The van der Waals surface area contributed by atoms with Crippen LogP contribution in [0.15, 0.2) is 30.6 Å². The summed E-state index contributed by atoms with van der Waals surface area (Å²) >= 11 is 0. The first-order valence-corrected chi connectivity index (χ1v) is 7.79. The molecule has 112 valence electrons. The molecule has 0 aliphatic heterocycles. The maximum Gasteiger partial charge on any atom is 0.141 e. The molecule has 0 bridgehead atoms. The summed E-state index contributed by atoms with van der Waals surface area (Å²) in [6.45, 7) is 2.84. The van der Waals surface area contributed by atoms with E-state index in [1.165, 1.54) is 0 Å². The topological polar surface area (TPSA) is 47.0 Å². The van der Waals surface area contributed by atoms with Crippen LogP contribution in [-0.4, -0.2) is 24.4 Å². The highest BCUT2D eigenvalue weighted by Gasteiger charge is 2.07. The van der Waals surface area contributed by atoms with E-state index >= 15 is 0 Å². The second-order valence-electron chi connectivity index (χ2n) is 5.60. The van der Waals surface area contributed by atoms with Gasteiger partial charge >= 0.3 is 0 Å². The molecule has 0 amide bonds. The lowest BCUT2D eigenvalue weighted by Gasteiger charge is -2.12. The average molecular weight is 293 g/mol. The Kier molecular flexibility index (Phi) is 4.42. The Labute approximate surface area is 131 Å². The molecule has 2 aromatic rings. The van der Waals surface area contributed by atoms with Gasteiger partial charge in [-0.3, -0.25) is 0 Å². The van der Waals surface area contributed by atoms with Crippen molar-refractivity contribution in [1.82, 2.24) is 9.97 Å². The van der Waals surface area contributed by atoms with Crippen LogP contribution in [0, 0.1) is 0 Å². The highest BCUT2D eigenvalue weighted by molar-refractivity contribution is 6.16. The van der Waals surface area contributed by atoms with Gasteiger partial charge in [-0.05, 0) is 42.9 Å². The standard InChI is InChI=1S/C17H20BN3O/c1-2-9-22-14-6-4-13(5-7-14)21-17-15-10-12(18)3-8-16(15)19-11-20-17/h4-8,10-12H,2-3,9,18H2,1H3,(H,19,20,21). The molecule has 0 fully saturated rings. The van der Waals surface area contributed by atoms with Crippen LogP contribution in [0.3, 0.4) is 0 Å². The van der Waals surface area contributed by atoms with Gasteiger partial charge < -0.3 is 10.1 Å². The van der Waals surface area contributed by atoms with Crippen molar-refractivity contribution < 1.29 is 4.74 Å². The number of fused-ring (bicyclic) bond motifs is 1. The van der Waals surface area contributed by atoms with Gasteiger partial charge in [0.05, 0.1) is 12.0 Å². The van der Waals surface area contributed by atoms with Gasteiger partial charge in [-0.1, -0.05) is 19.1 Å². The van der Waals surface area contributed by atoms with E-state index < -0.39 is 0 Å². The molecule has 0 radical (unpaired) electrons. The van der Waals surface area contributed by atoms with Gasteiger partial charge in [-0.15, -0.1) is 0 Å². The number of nitrogens with zero attached hydrogens (tertiary/aromatic N) is 2. The molecule has 1 unspecified atom stereocenters. The smallest absolute Gasteiger partial charge is 0.141 e. The summed E-state index contributed by atoms with van der Waals surface area (Å²) in [7, 11) is 2.20. The normalized spacial score (nSPS) is 16.1. The van der Waals surface area contributed by atoms with Crippen LogP contribution in [0.2, 0.25) is 5.82 Å². The minimum atomic E-state index is 0.517. The largest absolute Gasteiger partial charge is 0.494 e. The lowest BCUT2D eigenvalue weighted by molar-refractivity contribution is 0.317. The molecule has 3 rings (SSSR count). The predicted octanol–water partition coefficient (Wildman–Crippen LogP) is 1.40. The molecule has 5 heteroatoms. The number of hydrogen-bond donors (Lipinski definition) is 1. The third kappa shape index (κ3) is 3.30. The summed E-state index contributed by atoms with van der Waals surface area (Å²) in [6, 6.07) is 7.97. The number of benzene rings is 1. The molecule has 0 spiro atoms. The van der Waals surface area contributed by atoms with Crippen LogP contribution in [0.4, 0.5) is 11.5 Å². The number of aromatic nitrogens is 2. The van der Waals surface area contributed by atoms with Gasteiger partial charge in [-0.25, -0.2) is 9.97 Å². The number of anilines is 2. The summed E-state index contributed by atoms with van der Waals surface area (Å²) in [4.78, 5) is 8.73. The molecule has 1 aromatic heterocycles. The lowest BCUT2D eigenvalue weighted by Crippen LogP contribution is -2.34. The zero-order chi connectivity index (χ0) is 15.4. The molecule has 22 heavy (non-hydrogen) atoms. The van der Waals surface area contributed by atoms with Crippen molar-refractivity contribution in [3.8, 4) is 5.75 Å². The van der Waals surface area contributed by atoms with Gasteiger partial charge in [0.25, 0.3) is 0 Å². The number of nitrogens with one attached hydrogen (secondary N) is 1. The molecular weight excluding hydrogens is 273 g/mol. The van der Waals surface area contributed by atoms with E-state index in [4.69, 9.17) is 4.74 Å². The van der Waals surface area contributed by atoms with Crippen molar-refractivity contribution in [3.63, 3.8) is 0 Å². The molecular formula is C17H20BN3O. The monoisotopic (exact) mass is 293 g/mol. The second-order valence-corrected chi connectivity index (χ2v) is 5.60. The number of ether oxygens (including phenoxy) is 1. The van der Waals surface area contributed by atoms with Crippen molar-refractivity contribution in [3.05, 3.63) is 41.2 Å². The van der Waals surface area contributed by atoms with Gasteiger partial charge in [-0.2, -0.15) is 0 Å². The summed E-state index contributed by atoms with van der Waals surface area (Å²) in [5, 5.41) is 5.48. The molecule has 1 aliphatic carbocycles. The molecule has 4 nitrogen and oxygen atoms in total. The molecule has 1 atom stereocenters. The zero-order valence-corrected chi connectivity index (χ0v) is 13.0. The van der Waals surface area contributed by atoms with Gasteiger partial charge in [0.1, 0.15) is 25.7 Å². The van der Waals surface area contributed by atoms with Crippen molar-refractivity contribution >= 4 is 31.5 Å². The molecule has 0 saturated carbocycles. The lowest BCUT2D eigenvalue weighted by atomic mass is 9.82. The van der Waals surface area contributed by atoms with Crippen LogP contribution in [0.1, 0.15) is 19.8 Å². The quantitative estimate of drug-likeness (QED) is 0.846. The van der Waals surface area contributed by atoms with E-state index in [-0.39, 0.29) is 0 Å². The first-order valence-electron chi connectivity index (χ1n) is 7.79. The van der Waals surface area contributed by atoms with Crippen LogP contribution in [-0.2, 0) is 0 Å². The van der Waals surface area contributed by atoms with E-state index in [9.17, 15) is 0 Å². The number of rotatable bonds is 5. The first kappa shape index (κ1) is 14.6. The van der Waals surface area contributed by atoms with Crippen LogP contribution in [0.25, 0.3) is 12.2 Å². The molecule has 1 aromatic carbocycles. The summed E-state index contributed by atoms with van der Waals surface area (Å²) in [5.74, 6) is 2.27. The summed E-state index contributed by atoms with van der Waals surface area (Å²) < 4.78 is 5.60. The Hall–Kier alpha value is -2.30. The van der Waals surface area contributed by atoms with Gasteiger partial charge in [0, 0.05) is 10.9 Å². The fourth-order valence-corrected chi connectivity index (χ4v) is 2.48. The molecule has 1 aliphatic rings. The maximum absolute atomic E-state index is 5.60. The zero-order valence-electron chi connectivity index (χ0n) is 13.0. The summed E-state index contributed by atoms with van der Waals surface area (Å²) in [5.41, 5.74) is 0.997. The minimum absolute atomic E-state index is 0.517. The first-order chi connectivity index (χ1) is 10.8. The molecule has 1 N–H and O–H groups in total. The van der Waals surface area contributed by atoms with E-state index in [1.807, 2.05) is 24.3 Å². The van der Waals surface area contributed by atoms with Crippen LogP contribution >= 0.6 is 0 Å². The Balaban J connectivity index is 1.84. The minimum Gasteiger partial charge on any atom is -0.494 e. The van der Waals surface area contributed by atoms with Crippen molar-refractivity contribution in [2.75, 3.05) is 11.9 Å². The van der Waals surface area contributed by atoms with Crippen LogP contribution in [0.5, 0.6) is 5.75 Å². The van der Waals surface area contributed by atoms with Gasteiger partial charge in [0.2, 0.25) is 0 Å². The second kappa shape index (κ2) is 6.64. The Morgan fingerprint density at radius 3 is 2.86 bits per heavy atom. The molecule has 1 heterocycles. The van der Waals surface area contributed by atoms with Crippen LogP contribution < -0.4 is 20.6 Å². The average Bonchev–Trinajstić information content (AvgIpc) is 2.55. The Morgan fingerprint density at radius 2 is 2.09 bits per heavy atom. The maximum atomic E-state index is 5.60.